The Morgan fingerprint density at radius 3 is 2.25 bits per heavy atom. The van der Waals surface area contributed by atoms with Gasteiger partial charge in [-0.2, -0.15) is 18.3 Å². The Kier molecular flexibility index (Phi) is 13.6. The van der Waals surface area contributed by atoms with Gasteiger partial charge in [-0.25, -0.2) is 22.6 Å². The molecule has 0 aliphatic heterocycles. The maximum atomic E-state index is 13.5. The fraction of sp³-hybridized carbons (Fsp3) is 0.438. The van der Waals surface area contributed by atoms with Gasteiger partial charge in [-0.3, -0.25) is 14.4 Å². The molecule has 0 saturated heterocycles. The van der Waals surface area contributed by atoms with E-state index in [4.69, 9.17) is 14.3 Å². The van der Waals surface area contributed by atoms with Gasteiger partial charge in [0.1, 0.15) is 13.2 Å². The molecule has 1 N–H and O–H groups in total. The highest BCUT2D eigenvalue weighted by Crippen LogP contribution is 2.33. The average molecular weight is 757 g/mol. The predicted octanol–water partition coefficient (Wildman–Crippen LogP) is 5.42. The third-order valence-corrected chi connectivity index (χ3v) is 8.27. The number of hydrogen-bond donors (Lipinski definition) is 1. The van der Waals surface area contributed by atoms with Crippen LogP contribution in [-0.4, -0.2) is 77.8 Å². The number of carbonyl (C=O) groups excluding carboxylic acids is 3. The quantitative estimate of drug-likeness (QED) is 0.0681. The number of sulfonamides is 1. The second-order valence-corrected chi connectivity index (χ2v) is 13.7. The summed E-state index contributed by atoms with van der Waals surface area (Å²) in [5, 5.41) is 20.7. The summed E-state index contributed by atoms with van der Waals surface area (Å²) in [5.74, 6) is -1.89. The van der Waals surface area contributed by atoms with Crippen molar-refractivity contribution in [1.29, 1.82) is 0 Å². The van der Waals surface area contributed by atoms with E-state index in [1.165, 1.54) is 19.1 Å². The van der Waals surface area contributed by atoms with Gasteiger partial charge in [0.05, 0.1) is 39.8 Å². The molecule has 20 heteroatoms. The molecular formula is C32H39F3N6O10S. The smallest absolute Gasteiger partial charge is 0.511 e. The number of alkyl halides is 3. The molecule has 3 rings (SSSR count). The summed E-state index contributed by atoms with van der Waals surface area (Å²) >= 11 is 0. The van der Waals surface area contributed by atoms with Crippen LogP contribution >= 0.6 is 0 Å². The number of ether oxygens (including phenoxy) is 3. The second kappa shape index (κ2) is 17.2. The number of hydrazine groups is 1. The summed E-state index contributed by atoms with van der Waals surface area (Å²) in [6, 6.07) is 12.3. The zero-order valence-electron chi connectivity index (χ0n) is 29.2. The first-order valence-corrected chi connectivity index (χ1v) is 17.2. The van der Waals surface area contributed by atoms with Crippen LogP contribution in [-0.2, 0) is 44.8 Å². The first-order valence-electron chi connectivity index (χ1n) is 15.7. The Labute approximate surface area is 297 Å². The van der Waals surface area contributed by atoms with Crippen molar-refractivity contribution in [3.63, 3.8) is 0 Å². The van der Waals surface area contributed by atoms with E-state index < -0.39 is 64.6 Å². The van der Waals surface area contributed by atoms with E-state index >= 15 is 0 Å². The minimum Gasteiger partial charge on any atom is -0.569 e. The van der Waals surface area contributed by atoms with Crippen LogP contribution in [0.1, 0.15) is 58.7 Å². The van der Waals surface area contributed by atoms with E-state index in [2.05, 4.69) is 15.1 Å². The molecule has 1 amide bonds. The van der Waals surface area contributed by atoms with Gasteiger partial charge in [-0.15, -0.1) is 5.01 Å². The zero-order valence-corrected chi connectivity index (χ0v) is 30.0. The lowest BCUT2D eigenvalue weighted by Crippen LogP contribution is -2.47. The summed E-state index contributed by atoms with van der Waals surface area (Å²) in [6.07, 6.45) is -8.07. The number of hydrogen-bond acceptors (Lipinski definition) is 12. The van der Waals surface area contributed by atoms with Crippen molar-refractivity contribution in [1.82, 2.24) is 19.5 Å². The lowest BCUT2D eigenvalue weighted by Gasteiger charge is -2.30. The number of carbonyl (C=O) groups is 3. The molecule has 0 fully saturated rings. The zero-order chi connectivity index (χ0) is 38.9. The largest absolute Gasteiger partial charge is 0.569 e. The lowest BCUT2D eigenvalue weighted by atomic mass is 10.1. The first-order chi connectivity index (χ1) is 24.2. The van der Waals surface area contributed by atoms with E-state index in [0.717, 1.165) is 33.5 Å². The molecule has 0 radical (unpaired) electrons. The van der Waals surface area contributed by atoms with Gasteiger partial charge < -0.3 is 19.4 Å². The lowest BCUT2D eigenvalue weighted by molar-refractivity contribution is -0.727. The number of nitrogens with zero attached hydrogens (tertiary/aromatic N) is 5. The molecule has 0 saturated carbocycles. The van der Waals surface area contributed by atoms with E-state index in [0.29, 0.717) is 5.56 Å². The number of halogens is 3. The molecule has 1 atom stereocenters. The molecular weight excluding hydrogens is 717 g/mol. The topological polar surface area (TPSA) is 194 Å². The van der Waals surface area contributed by atoms with Gasteiger partial charge >= 0.3 is 18.3 Å². The third-order valence-electron chi connectivity index (χ3n) is 6.88. The highest BCUT2D eigenvalue weighted by Gasteiger charge is 2.35. The standard InChI is InChI=1S/C32H39F3N6O10S/c1-7-48-30(44)50-22(3)51-38-41(45)39(31(4,5)6)18-19-49-29(43)17-16-28(42)37-52(46,47)25-14-12-24(13-15-25)40-26(20-27(36-40)32(33,34)35)23-10-8-21(2)9-11-23/h8-15,20,22H,7,16-19H2,1-6H3,(H,37,42)/b41-38-. The SMILES string of the molecule is CCOC(=O)OC(C)O/N=[N+](\[O-])N(CCOC(=O)CCC(=O)NS(=O)(=O)c1ccc(-n2nc(C(F)(F)F)cc2-c2ccc(C)cc2)cc1)C(C)(C)C. The van der Waals surface area contributed by atoms with Gasteiger partial charge in [0.2, 0.25) is 11.2 Å². The number of nitrogens with one attached hydrogen (secondary N) is 1. The molecule has 52 heavy (non-hydrogen) atoms. The van der Waals surface area contributed by atoms with Crippen molar-refractivity contribution in [2.45, 2.75) is 77.3 Å². The molecule has 0 bridgehead atoms. The van der Waals surface area contributed by atoms with E-state index in [1.807, 2.05) is 11.6 Å². The number of aryl methyl sites for hydroxylation is 1. The van der Waals surface area contributed by atoms with Crippen molar-refractivity contribution in [3.8, 4) is 16.9 Å². The van der Waals surface area contributed by atoms with E-state index in [9.17, 15) is 41.2 Å². The molecule has 1 aromatic heterocycles. The van der Waals surface area contributed by atoms with Crippen molar-refractivity contribution in [3.05, 3.63) is 71.1 Å². The van der Waals surface area contributed by atoms with Gasteiger partial charge in [0.15, 0.2) is 5.69 Å². The molecule has 0 spiro atoms. The van der Waals surface area contributed by atoms with Gasteiger partial charge in [-0.05, 0) is 65.0 Å². The van der Waals surface area contributed by atoms with E-state index in [-0.39, 0.29) is 41.0 Å². The summed E-state index contributed by atoms with van der Waals surface area (Å²) in [7, 11) is -4.43. The van der Waals surface area contributed by atoms with Crippen LogP contribution in [0.2, 0.25) is 0 Å². The number of aromatic nitrogens is 2. The fourth-order valence-electron chi connectivity index (χ4n) is 4.34. The van der Waals surface area contributed by atoms with Crippen LogP contribution in [0.4, 0.5) is 18.0 Å². The van der Waals surface area contributed by atoms with Gasteiger partial charge in [-0.1, -0.05) is 29.8 Å². The molecule has 2 aromatic carbocycles. The Morgan fingerprint density at radius 1 is 1.04 bits per heavy atom. The highest BCUT2D eigenvalue weighted by atomic mass is 32.2. The Morgan fingerprint density at radius 2 is 1.67 bits per heavy atom. The van der Waals surface area contributed by atoms with Crippen LogP contribution in [0.3, 0.4) is 0 Å². The normalized spacial score (nSPS) is 12.8. The van der Waals surface area contributed by atoms with Crippen LogP contribution in [0.15, 0.2) is 64.8 Å². The molecule has 16 nitrogen and oxygen atoms in total. The molecule has 0 aliphatic carbocycles. The summed E-state index contributed by atoms with van der Waals surface area (Å²) in [6.45, 7) is 9.26. The number of benzene rings is 2. The molecule has 1 unspecified atom stereocenters. The van der Waals surface area contributed by atoms with Crippen LogP contribution in [0.25, 0.3) is 16.9 Å². The van der Waals surface area contributed by atoms with Crippen molar-refractivity contribution in [2.24, 2.45) is 5.28 Å². The van der Waals surface area contributed by atoms with Crippen molar-refractivity contribution in [2.75, 3.05) is 19.8 Å². The molecule has 284 valence electrons. The number of rotatable bonds is 15. The van der Waals surface area contributed by atoms with Crippen LogP contribution < -0.4 is 4.72 Å². The number of amides is 1. The molecule has 0 aliphatic rings. The third kappa shape index (κ3) is 11.8. The predicted molar refractivity (Wildman–Crippen MR) is 175 cm³/mol. The Hall–Kier alpha value is -5.40. The molecule has 3 aromatic rings. The number of esters is 1. The Bertz CT molecular complexity index is 1840. The van der Waals surface area contributed by atoms with Crippen LogP contribution in [0.5, 0.6) is 0 Å². The van der Waals surface area contributed by atoms with Crippen molar-refractivity contribution >= 4 is 28.1 Å². The van der Waals surface area contributed by atoms with Crippen molar-refractivity contribution < 1.29 is 60.0 Å². The maximum Gasteiger partial charge on any atom is 0.511 e. The molecule has 1 heterocycles. The fourth-order valence-corrected chi connectivity index (χ4v) is 5.36. The summed E-state index contributed by atoms with van der Waals surface area (Å²) in [4.78, 5) is 40.7. The Balaban J connectivity index is 1.57. The van der Waals surface area contributed by atoms with Gasteiger partial charge in [0, 0.05) is 18.9 Å². The minimum atomic E-state index is -4.73. The summed E-state index contributed by atoms with van der Waals surface area (Å²) in [5.41, 5.74) is -0.388. The summed E-state index contributed by atoms with van der Waals surface area (Å²) < 4.78 is 83.6. The van der Waals surface area contributed by atoms with Gasteiger partial charge in [0.25, 0.3) is 16.3 Å². The highest BCUT2D eigenvalue weighted by molar-refractivity contribution is 7.90. The second-order valence-electron chi connectivity index (χ2n) is 12.0. The van der Waals surface area contributed by atoms with Crippen LogP contribution in [0, 0.1) is 12.1 Å². The first kappa shape index (κ1) is 41.0. The monoisotopic (exact) mass is 756 g/mol. The average Bonchev–Trinajstić information content (AvgIpc) is 3.51. The maximum absolute atomic E-state index is 13.5. The minimum absolute atomic E-state index is 0.0670. The van der Waals surface area contributed by atoms with E-state index in [1.54, 1.807) is 52.0 Å².